The van der Waals surface area contributed by atoms with Crippen molar-refractivity contribution in [3.05, 3.63) is 35.6 Å². The van der Waals surface area contributed by atoms with Gasteiger partial charge in [0, 0.05) is 24.7 Å². The van der Waals surface area contributed by atoms with Gasteiger partial charge in [-0.25, -0.2) is 4.39 Å². The van der Waals surface area contributed by atoms with Crippen molar-refractivity contribution in [2.45, 2.75) is 31.8 Å². The number of piperidine rings is 1. The number of benzene rings is 1. The molecule has 2 rings (SSSR count). The Bertz CT molecular complexity index is 514. The minimum absolute atomic E-state index is 0. The van der Waals surface area contributed by atoms with Crippen molar-refractivity contribution >= 4 is 24.2 Å². The van der Waals surface area contributed by atoms with Gasteiger partial charge in [0.25, 0.3) is 5.91 Å². The number of nitrogens with zero attached hydrogens (tertiary/aromatic N) is 1. The van der Waals surface area contributed by atoms with Crippen LogP contribution in [0.1, 0.15) is 30.1 Å². The molecule has 3 N–H and O–H groups in total. The summed E-state index contributed by atoms with van der Waals surface area (Å²) in [5.74, 6) is -0.639. The van der Waals surface area contributed by atoms with E-state index < -0.39 is 6.04 Å². The van der Waals surface area contributed by atoms with Crippen LogP contribution < -0.4 is 11.1 Å². The van der Waals surface area contributed by atoms with Crippen LogP contribution in [0.15, 0.2) is 24.3 Å². The quantitative estimate of drug-likeness (QED) is 0.878. The van der Waals surface area contributed by atoms with Crippen LogP contribution in [0.2, 0.25) is 0 Å². The van der Waals surface area contributed by atoms with E-state index in [1.165, 1.54) is 24.3 Å². The maximum Gasteiger partial charge on any atom is 0.251 e. The van der Waals surface area contributed by atoms with Crippen LogP contribution >= 0.6 is 12.4 Å². The normalized spacial score (nSPS) is 16.6. The molecule has 5 nitrogen and oxygen atoms in total. The molecule has 0 spiro atoms. The number of amides is 2. The van der Waals surface area contributed by atoms with Crippen LogP contribution in [0.25, 0.3) is 0 Å². The average Bonchev–Trinajstić information content (AvgIpc) is 2.47. The van der Waals surface area contributed by atoms with E-state index in [0.717, 1.165) is 0 Å². The Hall–Kier alpha value is -1.66. The van der Waals surface area contributed by atoms with Gasteiger partial charge >= 0.3 is 0 Å². The summed E-state index contributed by atoms with van der Waals surface area (Å²) in [5, 5.41) is 2.91. The molecule has 1 aliphatic heterocycles. The molecule has 1 aromatic carbocycles. The molecular weight excluding hydrogens is 309 g/mol. The van der Waals surface area contributed by atoms with E-state index in [1.807, 2.05) is 0 Å². The first-order valence-corrected chi connectivity index (χ1v) is 7.08. The van der Waals surface area contributed by atoms with Gasteiger partial charge in [-0.3, -0.25) is 9.59 Å². The van der Waals surface area contributed by atoms with Crippen LogP contribution in [0.3, 0.4) is 0 Å². The van der Waals surface area contributed by atoms with Gasteiger partial charge in [0.2, 0.25) is 5.91 Å². The second kappa shape index (κ2) is 8.10. The predicted molar refractivity (Wildman–Crippen MR) is 84.4 cm³/mol. The largest absolute Gasteiger partial charge is 0.349 e. The molecule has 7 heteroatoms. The number of hydrogen-bond donors (Lipinski definition) is 2. The highest BCUT2D eigenvalue weighted by atomic mass is 35.5. The summed E-state index contributed by atoms with van der Waals surface area (Å²) in [6.45, 7) is 2.86. The first kappa shape index (κ1) is 18.4. The van der Waals surface area contributed by atoms with Gasteiger partial charge in [0.1, 0.15) is 5.82 Å². The summed E-state index contributed by atoms with van der Waals surface area (Å²) >= 11 is 0. The van der Waals surface area contributed by atoms with Crippen molar-refractivity contribution in [2.24, 2.45) is 5.73 Å². The van der Waals surface area contributed by atoms with Crippen LogP contribution in [0.5, 0.6) is 0 Å². The summed E-state index contributed by atoms with van der Waals surface area (Å²) in [7, 11) is 0. The minimum Gasteiger partial charge on any atom is -0.349 e. The van der Waals surface area contributed by atoms with E-state index in [4.69, 9.17) is 5.73 Å². The zero-order valence-electron chi connectivity index (χ0n) is 12.4. The molecule has 0 radical (unpaired) electrons. The molecule has 22 heavy (non-hydrogen) atoms. The van der Waals surface area contributed by atoms with E-state index in [9.17, 15) is 14.0 Å². The van der Waals surface area contributed by atoms with Crippen molar-refractivity contribution in [3.63, 3.8) is 0 Å². The van der Waals surface area contributed by atoms with Gasteiger partial charge in [-0.2, -0.15) is 0 Å². The Labute approximate surface area is 135 Å². The summed E-state index contributed by atoms with van der Waals surface area (Å²) in [4.78, 5) is 25.5. The SMILES string of the molecule is C[C@@H](N)C(=O)N1CCC(NC(=O)c2ccc(F)cc2)CC1.Cl. The smallest absolute Gasteiger partial charge is 0.251 e. The lowest BCUT2D eigenvalue weighted by Gasteiger charge is -2.33. The molecule has 0 aliphatic carbocycles. The monoisotopic (exact) mass is 329 g/mol. The number of rotatable bonds is 3. The third-order valence-corrected chi connectivity index (χ3v) is 3.64. The number of carbonyl (C=O) groups excluding carboxylic acids is 2. The molecule has 1 heterocycles. The zero-order chi connectivity index (χ0) is 15.4. The van der Waals surface area contributed by atoms with E-state index in [0.29, 0.717) is 31.5 Å². The topological polar surface area (TPSA) is 75.4 Å². The van der Waals surface area contributed by atoms with E-state index in [1.54, 1.807) is 11.8 Å². The number of carbonyl (C=O) groups is 2. The molecule has 1 aliphatic rings. The first-order valence-electron chi connectivity index (χ1n) is 7.08. The number of nitrogens with one attached hydrogen (secondary N) is 1. The third kappa shape index (κ3) is 4.68. The number of halogens is 2. The van der Waals surface area contributed by atoms with Crippen LogP contribution in [0.4, 0.5) is 4.39 Å². The Morgan fingerprint density at radius 2 is 1.82 bits per heavy atom. The summed E-state index contributed by atoms with van der Waals surface area (Å²) < 4.78 is 12.8. The van der Waals surface area contributed by atoms with Gasteiger partial charge in [-0.1, -0.05) is 0 Å². The standard InChI is InChI=1S/C15H20FN3O2.ClH/c1-10(17)15(21)19-8-6-13(7-9-19)18-14(20)11-2-4-12(16)5-3-11;/h2-5,10,13H,6-9,17H2,1H3,(H,18,20);1H/t10-;/m1./s1. The highest BCUT2D eigenvalue weighted by Gasteiger charge is 2.25. The Morgan fingerprint density at radius 1 is 1.27 bits per heavy atom. The Morgan fingerprint density at radius 3 is 2.32 bits per heavy atom. The van der Waals surface area contributed by atoms with E-state index in [2.05, 4.69) is 5.32 Å². The fourth-order valence-electron chi connectivity index (χ4n) is 2.40. The lowest BCUT2D eigenvalue weighted by molar-refractivity contribution is -0.133. The Kier molecular flexibility index (Phi) is 6.77. The molecule has 0 unspecified atom stereocenters. The van der Waals surface area contributed by atoms with Crippen molar-refractivity contribution in [1.29, 1.82) is 0 Å². The van der Waals surface area contributed by atoms with Gasteiger partial charge in [-0.15, -0.1) is 12.4 Å². The summed E-state index contributed by atoms with van der Waals surface area (Å²) in [5.41, 5.74) is 6.01. The molecule has 0 aromatic heterocycles. The Balaban J connectivity index is 0.00000242. The maximum absolute atomic E-state index is 12.8. The predicted octanol–water partition coefficient (Wildman–Crippen LogP) is 1.32. The second-order valence-corrected chi connectivity index (χ2v) is 5.37. The van der Waals surface area contributed by atoms with Gasteiger partial charge in [0.15, 0.2) is 0 Å². The van der Waals surface area contributed by atoms with Crippen molar-refractivity contribution in [2.75, 3.05) is 13.1 Å². The van der Waals surface area contributed by atoms with Gasteiger partial charge in [0.05, 0.1) is 6.04 Å². The van der Waals surface area contributed by atoms with Gasteiger partial charge in [-0.05, 0) is 44.0 Å². The molecule has 122 valence electrons. The molecule has 0 bridgehead atoms. The second-order valence-electron chi connectivity index (χ2n) is 5.37. The molecule has 1 atom stereocenters. The van der Waals surface area contributed by atoms with Gasteiger partial charge < -0.3 is 16.0 Å². The molecule has 1 saturated heterocycles. The van der Waals surface area contributed by atoms with Crippen LogP contribution in [-0.2, 0) is 4.79 Å². The summed E-state index contributed by atoms with van der Waals surface area (Å²) in [6, 6.07) is 4.98. The third-order valence-electron chi connectivity index (χ3n) is 3.64. The molecule has 1 fully saturated rings. The van der Waals surface area contributed by atoms with Crippen molar-refractivity contribution in [1.82, 2.24) is 10.2 Å². The lowest BCUT2D eigenvalue weighted by atomic mass is 10.0. The van der Waals surface area contributed by atoms with Crippen LogP contribution in [0, 0.1) is 5.82 Å². The molecule has 1 aromatic rings. The number of likely N-dealkylation sites (tertiary alicyclic amines) is 1. The highest BCUT2D eigenvalue weighted by Crippen LogP contribution is 2.12. The van der Waals surface area contributed by atoms with Crippen LogP contribution in [-0.4, -0.2) is 41.9 Å². The maximum atomic E-state index is 12.8. The number of nitrogens with two attached hydrogens (primary N) is 1. The van der Waals surface area contributed by atoms with E-state index in [-0.39, 0.29) is 36.1 Å². The lowest BCUT2D eigenvalue weighted by Crippen LogP contribution is -2.50. The van der Waals surface area contributed by atoms with E-state index >= 15 is 0 Å². The molecular formula is C15H21ClFN3O2. The number of hydrogen-bond acceptors (Lipinski definition) is 3. The zero-order valence-corrected chi connectivity index (χ0v) is 13.2. The summed E-state index contributed by atoms with van der Waals surface area (Å²) in [6.07, 6.45) is 1.40. The minimum atomic E-state index is -0.490. The van der Waals surface area contributed by atoms with Crippen molar-refractivity contribution in [3.8, 4) is 0 Å². The average molecular weight is 330 g/mol. The fourth-order valence-corrected chi connectivity index (χ4v) is 2.40. The molecule has 2 amide bonds. The molecule has 0 saturated carbocycles. The first-order chi connectivity index (χ1) is 9.97. The fraction of sp³-hybridized carbons (Fsp3) is 0.467. The highest BCUT2D eigenvalue weighted by molar-refractivity contribution is 5.94. The van der Waals surface area contributed by atoms with Crippen molar-refractivity contribution < 1.29 is 14.0 Å².